The number of hydrogen-bond acceptors (Lipinski definition) is 4. The third kappa shape index (κ3) is 2.11. The Morgan fingerprint density at radius 3 is 2.28 bits per heavy atom. The Bertz CT molecular complexity index is 537. The molecule has 18 heavy (non-hydrogen) atoms. The predicted octanol–water partition coefficient (Wildman–Crippen LogP) is 0.897. The van der Waals surface area contributed by atoms with E-state index in [0.29, 0.717) is 0 Å². The van der Waals surface area contributed by atoms with Crippen LogP contribution in [0.2, 0.25) is 0 Å². The molecule has 1 aliphatic rings. The molecule has 0 amide bonds. The molecule has 4 nitrogen and oxygen atoms in total. The maximum absolute atomic E-state index is 11.8. The SMILES string of the molecule is CS(=O)(=O)[C@@H]1[C@@H](c2ccc(Br)cc2)[C@]1(CN)CO. The molecule has 0 heterocycles. The maximum Gasteiger partial charge on any atom is 0.151 e. The van der Waals surface area contributed by atoms with Crippen LogP contribution in [0, 0.1) is 5.41 Å². The smallest absolute Gasteiger partial charge is 0.151 e. The number of sulfone groups is 1. The minimum absolute atomic E-state index is 0.169. The summed E-state index contributed by atoms with van der Waals surface area (Å²) in [6.07, 6.45) is 1.20. The van der Waals surface area contributed by atoms with Gasteiger partial charge in [-0.15, -0.1) is 0 Å². The second kappa shape index (κ2) is 4.59. The van der Waals surface area contributed by atoms with E-state index in [0.717, 1.165) is 10.0 Å². The van der Waals surface area contributed by atoms with E-state index in [-0.39, 0.29) is 19.1 Å². The van der Waals surface area contributed by atoms with Crippen molar-refractivity contribution < 1.29 is 13.5 Å². The van der Waals surface area contributed by atoms with E-state index >= 15 is 0 Å². The largest absolute Gasteiger partial charge is 0.396 e. The first kappa shape index (κ1) is 14.0. The molecule has 1 aromatic rings. The van der Waals surface area contributed by atoms with Gasteiger partial charge in [-0.3, -0.25) is 0 Å². The molecule has 0 saturated heterocycles. The van der Waals surface area contributed by atoms with Crippen molar-refractivity contribution in [2.75, 3.05) is 19.4 Å². The van der Waals surface area contributed by atoms with Gasteiger partial charge in [-0.05, 0) is 17.7 Å². The maximum atomic E-state index is 11.8. The number of halogens is 1. The van der Waals surface area contributed by atoms with Crippen molar-refractivity contribution in [2.45, 2.75) is 11.2 Å². The molecule has 0 spiro atoms. The van der Waals surface area contributed by atoms with Crippen molar-refractivity contribution in [1.82, 2.24) is 0 Å². The molecule has 0 aliphatic heterocycles. The Hall–Kier alpha value is -0.430. The van der Waals surface area contributed by atoms with E-state index < -0.39 is 20.5 Å². The van der Waals surface area contributed by atoms with Crippen molar-refractivity contribution in [3.63, 3.8) is 0 Å². The second-order valence-electron chi connectivity index (χ2n) is 4.87. The topological polar surface area (TPSA) is 80.4 Å². The molecule has 1 aromatic carbocycles. The van der Waals surface area contributed by atoms with Gasteiger partial charge >= 0.3 is 0 Å². The average molecular weight is 334 g/mol. The number of benzene rings is 1. The highest BCUT2D eigenvalue weighted by molar-refractivity contribution is 9.10. The molecule has 3 atom stereocenters. The summed E-state index contributed by atoms with van der Waals surface area (Å²) >= 11 is 3.34. The summed E-state index contributed by atoms with van der Waals surface area (Å²) in [6, 6.07) is 7.48. The Morgan fingerprint density at radius 2 is 1.94 bits per heavy atom. The fourth-order valence-electron chi connectivity index (χ4n) is 2.80. The van der Waals surface area contributed by atoms with Gasteiger partial charge in [0.1, 0.15) is 0 Å². The zero-order chi connectivity index (χ0) is 13.6. The quantitative estimate of drug-likeness (QED) is 0.857. The Labute approximate surface area is 115 Å². The van der Waals surface area contributed by atoms with Crippen LogP contribution < -0.4 is 5.73 Å². The average Bonchev–Trinajstić information content (AvgIpc) is 3.00. The molecule has 1 fully saturated rings. The van der Waals surface area contributed by atoms with Crippen LogP contribution in [-0.4, -0.2) is 38.2 Å². The van der Waals surface area contributed by atoms with E-state index in [4.69, 9.17) is 5.73 Å². The van der Waals surface area contributed by atoms with E-state index in [1.165, 1.54) is 6.26 Å². The van der Waals surface area contributed by atoms with E-state index in [2.05, 4.69) is 15.9 Å². The molecule has 1 aliphatic carbocycles. The Kier molecular flexibility index (Phi) is 3.57. The third-order valence-corrected chi connectivity index (χ3v) is 5.94. The molecule has 6 heteroatoms. The fourth-order valence-corrected chi connectivity index (χ4v) is 5.08. The third-order valence-electron chi connectivity index (χ3n) is 3.74. The van der Waals surface area contributed by atoms with E-state index in [1.54, 1.807) is 0 Å². The highest BCUT2D eigenvalue weighted by Gasteiger charge is 2.68. The van der Waals surface area contributed by atoms with Crippen molar-refractivity contribution in [3.8, 4) is 0 Å². The molecule has 3 N–H and O–H groups in total. The molecular formula is C12H16BrNO3S. The first-order valence-electron chi connectivity index (χ1n) is 5.62. The fraction of sp³-hybridized carbons (Fsp3) is 0.500. The first-order chi connectivity index (χ1) is 8.36. The molecule has 0 bridgehead atoms. The van der Waals surface area contributed by atoms with Crippen LogP contribution >= 0.6 is 15.9 Å². The van der Waals surface area contributed by atoms with Crippen molar-refractivity contribution in [1.29, 1.82) is 0 Å². The second-order valence-corrected chi connectivity index (χ2v) is 7.96. The summed E-state index contributed by atoms with van der Waals surface area (Å²) in [7, 11) is -3.22. The van der Waals surface area contributed by atoms with Gasteiger partial charge in [0.2, 0.25) is 0 Å². The van der Waals surface area contributed by atoms with Crippen LogP contribution in [-0.2, 0) is 9.84 Å². The summed E-state index contributed by atoms with van der Waals surface area (Å²) in [4.78, 5) is 0. The van der Waals surface area contributed by atoms with Crippen LogP contribution in [0.15, 0.2) is 28.7 Å². The minimum Gasteiger partial charge on any atom is -0.396 e. The van der Waals surface area contributed by atoms with Crippen molar-refractivity contribution >= 4 is 25.8 Å². The predicted molar refractivity (Wildman–Crippen MR) is 74.1 cm³/mol. The lowest BCUT2D eigenvalue weighted by molar-refractivity contribution is 0.212. The lowest BCUT2D eigenvalue weighted by Gasteiger charge is -2.11. The Balaban J connectivity index is 2.41. The molecule has 1 saturated carbocycles. The molecule has 2 rings (SSSR count). The van der Waals surface area contributed by atoms with Gasteiger partial charge < -0.3 is 10.8 Å². The van der Waals surface area contributed by atoms with Crippen LogP contribution in [0.5, 0.6) is 0 Å². The number of rotatable bonds is 4. The zero-order valence-electron chi connectivity index (χ0n) is 10.0. The van der Waals surface area contributed by atoms with Crippen LogP contribution in [0.3, 0.4) is 0 Å². The lowest BCUT2D eigenvalue weighted by atomic mass is 10.0. The highest BCUT2D eigenvalue weighted by atomic mass is 79.9. The highest BCUT2D eigenvalue weighted by Crippen LogP contribution is 2.61. The van der Waals surface area contributed by atoms with Gasteiger partial charge in [0, 0.05) is 28.6 Å². The monoisotopic (exact) mass is 333 g/mol. The van der Waals surface area contributed by atoms with Crippen LogP contribution in [0.25, 0.3) is 0 Å². The van der Waals surface area contributed by atoms with Gasteiger partial charge in [-0.25, -0.2) is 8.42 Å². The van der Waals surface area contributed by atoms with Gasteiger partial charge in [-0.2, -0.15) is 0 Å². The van der Waals surface area contributed by atoms with Crippen molar-refractivity contribution in [2.24, 2.45) is 11.1 Å². The normalized spacial score (nSPS) is 31.3. The number of hydrogen-bond donors (Lipinski definition) is 2. The molecule has 0 aromatic heterocycles. The number of aliphatic hydroxyl groups excluding tert-OH is 1. The summed E-state index contributed by atoms with van der Waals surface area (Å²) in [6.45, 7) is -0.0378. The van der Waals surface area contributed by atoms with Crippen LogP contribution in [0.4, 0.5) is 0 Å². The van der Waals surface area contributed by atoms with Crippen LogP contribution in [0.1, 0.15) is 11.5 Å². The van der Waals surface area contributed by atoms with Gasteiger partial charge in [0.05, 0.1) is 11.9 Å². The molecule has 0 unspecified atom stereocenters. The van der Waals surface area contributed by atoms with E-state index in [1.807, 2.05) is 24.3 Å². The van der Waals surface area contributed by atoms with Gasteiger partial charge in [-0.1, -0.05) is 28.1 Å². The summed E-state index contributed by atoms with van der Waals surface area (Å²) in [5.74, 6) is -0.212. The zero-order valence-corrected chi connectivity index (χ0v) is 12.4. The standard InChI is InChI=1S/C12H16BrNO3S/c1-18(16,17)11-10(12(11,6-14)7-15)8-2-4-9(13)5-3-8/h2-5,10-11,15H,6-7,14H2,1H3/t10-,11-,12+/m1/s1. The van der Waals surface area contributed by atoms with Gasteiger partial charge in [0.25, 0.3) is 0 Å². The summed E-state index contributed by atoms with van der Waals surface area (Å²) < 4.78 is 24.5. The van der Waals surface area contributed by atoms with Gasteiger partial charge in [0.15, 0.2) is 9.84 Å². The summed E-state index contributed by atoms with van der Waals surface area (Å²) in [5.41, 5.74) is 5.88. The molecule has 0 radical (unpaired) electrons. The number of aliphatic hydroxyl groups is 1. The Morgan fingerprint density at radius 1 is 1.39 bits per heavy atom. The number of nitrogens with two attached hydrogens (primary N) is 1. The molecule has 100 valence electrons. The summed E-state index contributed by atoms with van der Waals surface area (Å²) in [5, 5.41) is 8.94. The van der Waals surface area contributed by atoms with E-state index in [9.17, 15) is 13.5 Å². The minimum atomic E-state index is -3.22. The lowest BCUT2D eigenvalue weighted by Crippen LogP contribution is -2.27. The molecular weight excluding hydrogens is 318 g/mol. The first-order valence-corrected chi connectivity index (χ1v) is 8.37. The van der Waals surface area contributed by atoms with Crippen molar-refractivity contribution in [3.05, 3.63) is 34.3 Å².